The van der Waals surface area contributed by atoms with E-state index in [0.717, 1.165) is 34.4 Å². The minimum atomic E-state index is -0.300. The maximum absolute atomic E-state index is 12.2. The molecule has 1 saturated carbocycles. The average Bonchev–Trinajstić information content (AvgIpc) is 3.24. The zero-order valence-electron chi connectivity index (χ0n) is 11.6. The van der Waals surface area contributed by atoms with Gasteiger partial charge in [-0.05, 0) is 30.9 Å². The zero-order chi connectivity index (χ0) is 14.9. The Bertz CT molecular complexity index is 828. The molecule has 3 heterocycles. The first-order valence-electron chi connectivity index (χ1n) is 7.01. The second kappa shape index (κ2) is 5.34. The van der Waals surface area contributed by atoms with E-state index >= 15 is 0 Å². The number of hydrogen-bond acceptors (Lipinski definition) is 5. The van der Waals surface area contributed by atoms with Crippen LogP contribution in [0.4, 0.5) is 16.2 Å². The molecule has 0 aromatic carbocycles. The highest BCUT2D eigenvalue weighted by Gasteiger charge is 2.30. The number of anilines is 2. The number of carbonyl (C=O) groups is 1. The van der Waals surface area contributed by atoms with Crippen LogP contribution in [0.25, 0.3) is 10.3 Å². The molecule has 0 radical (unpaired) electrons. The molecule has 1 aliphatic rings. The molecule has 110 valence electrons. The Morgan fingerprint density at radius 2 is 2.14 bits per heavy atom. The Hall–Kier alpha value is -2.54. The molecule has 2 N–H and O–H groups in total. The van der Waals surface area contributed by atoms with Crippen molar-refractivity contribution in [2.75, 3.05) is 10.6 Å². The van der Waals surface area contributed by atoms with Crippen LogP contribution in [-0.2, 0) is 0 Å². The monoisotopic (exact) mass is 311 g/mol. The molecule has 0 unspecified atom stereocenters. The summed E-state index contributed by atoms with van der Waals surface area (Å²) in [6.07, 6.45) is 7.25. The number of nitrogens with one attached hydrogen (secondary N) is 2. The van der Waals surface area contributed by atoms with Crippen LogP contribution >= 0.6 is 11.3 Å². The van der Waals surface area contributed by atoms with Gasteiger partial charge in [0.2, 0.25) is 0 Å². The van der Waals surface area contributed by atoms with Crippen LogP contribution in [0.3, 0.4) is 0 Å². The lowest BCUT2D eigenvalue weighted by molar-refractivity contribution is 0.262. The standard InChI is InChI=1S/C15H13N5OS/c21-15(19-10-2-1-5-16-6-10)20-11-7-17-14-13(18-8-22-14)12(11)9-3-4-9/h1-2,5-9H,3-4H2,(H2,19,20,21). The quantitative estimate of drug-likeness (QED) is 0.774. The molecule has 22 heavy (non-hydrogen) atoms. The summed E-state index contributed by atoms with van der Waals surface area (Å²) in [6.45, 7) is 0. The van der Waals surface area contributed by atoms with E-state index < -0.39 is 0 Å². The van der Waals surface area contributed by atoms with Crippen molar-refractivity contribution in [2.24, 2.45) is 0 Å². The third-order valence-corrected chi connectivity index (χ3v) is 4.29. The predicted octanol–water partition coefficient (Wildman–Crippen LogP) is 3.61. The smallest absolute Gasteiger partial charge is 0.306 e. The van der Waals surface area contributed by atoms with Crippen molar-refractivity contribution in [3.05, 3.63) is 41.8 Å². The highest BCUT2D eigenvalue weighted by Crippen LogP contribution is 2.46. The summed E-state index contributed by atoms with van der Waals surface area (Å²) in [5.41, 5.74) is 5.19. The Balaban J connectivity index is 1.61. The largest absolute Gasteiger partial charge is 0.323 e. The van der Waals surface area contributed by atoms with Crippen molar-refractivity contribution in [1.82, 2.24) is 15.0 Å². The molecule has 0 spiro atoms. The van der Waals surface area contributed by atoms with Crippen molar-refractivity contribution < 1.29 is 4.79 Å². The van der Waals surface area contributed by atoms with Crippen molar-refractivity contribution >= 4 is 39.1 Å². The van der Waals surface area contributed by atoms with Crippen LogP contribution in [0, 0.1) is 0 Å². The average molecular weight is 311 g/mol. The topological polar surface area (TPSA) is 79.8 Å². The molecule has 1 fully saturated rings. The summed E-state index contributed by atoms with van der Waals surface area (Å²) < 4.78 is 0. The number of aromatic nitrogens is 3. The number of hydrogen-bond donors (Lipinski definition) is 2. The van der Waals surface area contributed by atoms with Gasteiger partial charge in [0, 0.05) is 11.8 Å². The number of rotatable bonds is 3. The second-order valence-corrected chi connectivity index (χ2v) is 6.02. The first-order valence-corrected chi connectivity index (χ1v) is 7.89. The fourth-order valence-electron chi connectivity index (χ4n) is 2.44. The van der Waals surface area contributed by atoms with Crippen LogP contribution in [0.2, 0.25) is 0 Å². The van der Waals surface area contributed by atoms with E-state index in [2.05, 4.69) is 25.6 Å². The van der Waals surface area contributed by atoms with Crippen LogP contribution in [-0.4, -0.2) is 21.0 Å². The summed E-state index contributed by atoms with van der Waals surface area (Å²) in [5.74, 6) is 0.473. The van der Waals surface area contributed by atoms with Gasteiger partial charge in [-0.2, -0.15) is 0 Å². The van der Waals surface area contributed by atoms with E-state index in [-0.39, 0.29) is 6.03 Å². The third-order valence-electron chi connectivity index (χ3n) is 3.56. The number of pyridine rings is 2. The molecule has 6 nitrogen and oxygen atoms in total. The number of carbonyl (C=O) groups excluding carboxylic acids is 1. The third kappa shape index (κ3) is 2.50. The number of fused-ring (bicyclic) bond motifs is 1. The van der Waals surface area contributed by atoms with Crippen molar-refractivity contribution in [3.63, 3.8) is 0 Å². The molecule has 0 bridgehead atoms. The van der Waals surface area contributed by atoms with E-state index in [9.17, 15) is 4.79 Å². The van der Waals surface area contributed by atoms with E-state index in [1.807, 2.05) is 0 Å². The Labute approximate surface area is 130 Å². The Kier molecular flexibility index (Phi) is 3.19. The fraction of sp³-hybridized carbons (Fsp3) is 0.200. The van der Waals surface area contributed by atoms with Crippen LogP contribution in [0.5, 0.6) is 0 Å². The first-order chi connectivity index (χ1) is 10.8. The fourth-order valence-corrected chi connectivity index (χ4v) is 3.09. The minimum Gasteiger partial charge on any atom is -0.306 e. The van der Waals surface area contributed by atoms with Gasteiger partial charge in [-0.15, -0.1) is 11.3 Å². The van der Waals surface area contributed by atoms with Crippen molar-refractivity contribution in [1.29, 1.82) is 0 Å². The zero-order valence-corrected chi connectivity index (χ0v) is 12.4. The molecule has 7 heteroatoms. The molecule has 3 aromatic rings. The Morgan fingerprint density at radius 3 is 2.91 bits per heavy atom. The van der Waals surface area contributed by atoms with Gasteiger partial charge in [-0.25, -0.2) is 14.8 Å². The highest BCUT2D eigenvalue weighted by molar-refractivity contribution is 7.16. The Morgan fingerprint density at radius 1 is 1.23 bits per heavy atom. The molecule has 0 saturated heterocycles. The number of urea groups is 1. The maximum Gasteiger partial charge on any atom is 0.323 e. The predicted molar refractivity (Wildman–Crippen MR) is 86.3 cm³/mol. The van der Waals surface area contributed by atoms with E-state index in [4.69, 9.17) is 0 Å². The van der Waals surface area contributed by atoms with Gasteiger partial charge in [0.25, 0.3) is 0 Å². The molecule has 2 amide bonds. The molecule has 1 aliphatic carbocycles. The molecule has 3 aromatic heterocycles. The van der Waals surface area contributed by atoms with Gasteiger partial charge >= 0.3 is 6.03 Å². The number of amides is 2. The second-order valence-electron chi connectivity index (χ2n) is 5.19. The van der Waals surface area contributed by atoms with E-state index in [1.165, 1.54) is 11.3 Å². The van der Waals surface area contributed by atoms with Gasteiger partial charge in [0.15, 0.2) is 0 Å². The normalized spacial score (nSPS) is 14.0. The lowest BCUT2D eigenvalue weighted by atomic mass is 10.1. The lowest BCUT2D eigenvalue weighted by Crippen LogP contribution is -2.20. The molecular weight excluding hydrogens is 298 g/mol. The van der Waals surface area contributed by atoms with E-state index in [1.54, 1.807) is 36.2 Å². The van der Waals surface area contributed by atoms with Gasteiger partial charge < -0.3 is 10.6 Å². The van der Waals surface area contributed by atoms with Gasteiger partial charge in [-0.3, -0.25) is 4.98 Å². The SMILES string of the molecule is O=C(Nc1cccnc1)Nc1cnc2scnc2c1C1CC1. The van der Waals surface area contributed by atoms with Crippen molar-refractivity contribution in [3.8, 4) is 0 Å². The number of nitrogens with zero attached hydrogens (tertiary/aromatic N) is 3. The molecule has 0 atom stereocenters. The van der Waals surface area contributed by atoms with Crippen molar-refractivity contribution in [2.45, 2.75) is 18.8 Å². The summed E-state index contributed by atoms with van der Waals surface area (Å²) in [5, 5.41) is 5.65. The van der Waals surface area contributed by atoms with Gasteiger partial charge in [-0.1, -0.05) is 0 Å². The first kappa shape index (κ1) is 13.1. The summed E-state index contributed by atoms with van der Waals surface area (Å²) in [6, 6.07) is 3.26. The summed E-state index contributed by atoms with van der Waals surface area (Å²) in [7, 11) is 0. The molecule has 4 rings (SSSR count). The van der Waals surface area contributed by atoms with Crippen LogP contribution in [0.1, 0.15) is 24.3 Å². The van der Waals surface area contributed by atoms with E-state index in [0.29, 0.717) is 11.6 Å². The lowest BCUT2D eigenvalue weighted by Gasteiger charge is -2.11. The molecule has 0 aliphatic heterocycles. The summed E-state index contributed by atoms with van der Waals surface area (Å²) in [4.78, 5) is 25.8. The maximum atomic E-state index is 12.2. The van der Waals surface area contributed by atoms with Crippen LogP contribution in [0.15, 0.2) is 36.2 Å². The minimum absolute atomic E-state index is 0.300. The summed E-state index contributed by atoms with van der Waals surface area (Å²) >= 11 is 1.52. The van der Waals surface area contributed by atoms with Gasteiger partial charge in [0.05, 0.1) is 29.3 Å². The molecular formula is C15H13N5OS. The number of thiazole rings is 1. The van der Waals surface area contributed by atoms with Gasteiger partial charge in [0.1, 0.15) is 10.3 Å². The highest BCUT2D eigenvalue weighted by atomic mass is 32.1. The van der Waals surface area contributed by atoms with Crippen LogP contribution < -0.4 is 10.6 Å².